The number of rotatable bonds is 4. The van der Waals surface area contributed by atoms with E-state index < -0.39 is 12.8 Å². The number of nitrogens with one attached hydrogen (secondary N) is 2. The van der Waals surface area contributed by atoms with E-state index in [4.69, 9.17) is 4.74 Å². The van der Waals surface area contributed by atoms with Gasteiger partial charge in [0, 0.05) is 26.2 Å². The van der Waals surface area contributed by atoms with E-state index >= 15 is 0 Å². The smallest absolute Gasteiger partial charge is 0.422 e. The molecular weight excluding hydrogens is 398 g/mol. The predicted molar refractivity (Wildman–Crippen MR) is 87.4 cm³/mol. The summed E-state index contributed by atoms with van der Waals surface area (Å²) in [6, 6.07) is 5.14. The SMILES string of the molecule is CN=C(NC)NCc1ccc(C)cc1OCC(F)(F)F.I. The maximum Gasteiger partial charge on any atom is 0.422 e. The van der Waals surface area contributed by atoms with Gasteiger partial charge in [0.05, 0.1) is 0 Å². The molecule has 0 amide bonds. The van der Waals surface area contributed by atoms with E-state index in [2.05, 4.69) is 15.6 Å². The number of alkyl halides is 3. The van der Waals surface area contributed by atoms with Crippen molar-refractivity contribution < 1.29 is 17.9 Å². The second-order valence-corrected chi connectivity index (χ2v) is 4.19. The molecule has 0 aliphatic rings. The van der Waals surface area contributed by atoms with Gasteiger partial charge in [0.2, 0.25) is 0 Å². The van der Waals surface area contributed by atoms with Crippen molar-refractivity contribution in [2.45, 2.75) is 19.6 Å². The van der Waals surface area contributed by atoms with Crippen LogP contribution in [0.15, 0.2) is 23.2 Å². The van der Waals surface area contributed by atoms with Gasteiger partial charge in [-0.05, 0) is 18.6 Å². The third-order valence-corrected chi connectivity index (χ3v) is 2.52. The minimum Gasteiger partial charge on any atom is -0.484 e. The van der Waals surface area contributed by atoms with Crippen molar-refractivity contribution in [3.05, 3.63) is 29.3 Å². The number of nitrogens with zero attached hydrogens (tertiary/aromatic N) is 1. The summed E-state index contributed by atoms with van der Waals surface area (Å²) in [5, 5.41) is 5.80. The molecule has 0 saturated carbocycles. The second-order valence-electron chi connectivity index (χ2n) is 4.19. The first-order valence-electron chi connectivity index (χ1n) is 6.03. The maximum absolute atomic E-state index is 12.2. The molecule has 1 rings (SSSR count). The first-order valence-corrected chi connectivity index (χ1v) is 6.03. The molecular formula is C13H19F3IN3O. The Labute approximate surface area is 139 Å². The van der Waals surface area contributed by atoms with Crippen LogP contribution in [-0.2, 0) is 6.54 Å². The molecule has 8 heteroatoms. The van der Waals surface area contributed by atoms with Crippen LogP contribution in [0.4, 0.5) is 13.2 Å². The number of halogens is 4. The van der Waals surface area contributed by atoms with Crippen molar-refractivity contribution in [2.75, 3.05) is 20.7 Å². The van der Waals surface area contributed by atoms with Crippen LogP contribution in [0.2, 0.25) is 0 Å². The summed E-state index contributed by atoms with van der Waals surface area (Å²) in [5.74, 6) is 0.772. The summed E-state index contributed by atoms with van der Waals surface area (Å²) >= 11 is 0. The van der Waals surface area contributed by atoms with Crippen LogP contribution >= 0.6 is 24.0 Å². The van der Waals surface area contributed by atoms with Gasteiger partial charge in [-0.15, -0.1) is 24.0 Å². The van der Waals surface area contributed by atoms with E-state index in [1.165, 1.54) is 0 Å². The van der Waals surface area contributed by atoms with Gasteiger partial charge >= 0.3 is 6.18 Å². The zero-order valence-corrected chi connectivity index (χ0v) is 14.4. The Kier molecular flexibility index (Phi) is 8.45. The Hall–Kier alpha value is -1.19. The van der Waals surface area contributed by atoms with Crippen LogP contribution in [0.25, 0.3) is 0 Å². The molecule has 0 saturated heterocycles. The average molecular weight is 417 g/mol. The fraction of sp³-hybridized carbons (Fsp3) is 0.462. The maximum atomic E-state index is 12.2. The van der Waals surface area contributed by atoms with Gasteiger partial charge in [-0.2, -0.15) is 13.2 Å². The summed E-state index contributed by atoms with van der Waals surface area (Å²) in [6.45, 7) is 0.815. The van der Waals surface area contributed by atoms with Crippen molar-refractivity contribution in [3.63, 3.8) is 0 Å². The lowest BCUT2D eigenvalue weighted by atomic mass is 10.1. The third kappa shape index (κ3) is 7.39. The zero-order chi connectivity index (χ0) is 15.2. The first-order chi connectivity index (χ1) is 9.35. The lowest BCUT2D eigenvalue weighted by molar-refractivity contribution is -0.153. The topological polar surface area (TPSA) is 45.7 Å². The van der Waals surface area contributed by atoms with Crippen molar-refractivity contribution in [1.29, 1.82) is 0 Å². The average Bonchev–Trinajstić information content (AvgIpc) is 2.38. The molecule has 0 atom stereocenters. The standard InChI is InChI=1S/C13H18F3N3O.HI/c1-9-4-5-10(7-19-12(17-2)18-3)11(6-9)20-8-13(14,15)16;/h4-6H,7-8H2,1-3H3,(H2,17,18,19);1H. The van der Waals surface area contributed by atoms with Crippen LogP contribution in [0, 0.1) is 6.92 Å². The van der Waals surface area contributed by atoms with Crippen LogP contribution < -0.4 is 15.4 Å². The third-order valence-electron chi connectivity index (χ3n) is 2.52. The monoisotopic (exact) mass is 417 g/mol. The highest BCUT2D eigenvalue weighted by molar-refractivity contribution is 14.0. The number of hydrogen-bond acceptors (Lipinski definition) is 2. The predicted octanol–water partition coefficient (Wildman–Crippen LogP) is 2.85. The van der Waals surface area contributed by atoms with Crippen molar-refractivity contribution in [2.24, 2.45) is 4.99 Å². The Morgan fingerprint density at radius 1 is 1.33 bits per heavy atom. The van der Waals surface area contributed by atoms with E-state index in [0.29, 0.717) is 18.1 Å². The molecule has 1 aromatic carbocycles. The van der Waals surface area contributed by atoms with E-state index in [1.807, 2.05) is 6.07 Å². The normalized spacial score (nSPS) is 11.6. The Bertz CT molecular complexity index is 478. The summed E-state index contributed by atoms with van der Waals surface area (Å²) in [4.78, 5) is 3.93. The summed E-state index contributed by atoms with van der Waals surface area (Å²) < 4.78 is 41.5. The van der Waals surface area contributed by atoms with E-state index in [1.54, 1.807) is 33.2 Å². The number of hydrogen-bond donors (Lipinski definition) is 2. The summed E-state index contributed by atoms with van der Waals surface area (Å²) in [5.41, 5.74) is 1.47. The minimum absolute atomic E-state index is 0. The molecule has 0 aliphatic carbocycles. The highest BCUT2D eigenvalue weighted by Gasteiger charge is 2.28. The molecule has 0 unspecified atom stereocenters. The molecule has 0 aromatic heterocycles. The van der Waals surface area contributed by atoms with Gasteiger partial charge < -0.3 is 15.4 Å². The first kappa shape index (κ1) is 19.8. The van der Waals surface area contributed by atoms with E-state index in [0.717, 1.165) is 5.56 Å². The Morgan fingerprint density at radius 3 is 2.52 bits per heavy atom. The van der Waals surface area contributed by atoms with E-state index in [9.17, 15) is 13.2 Å². The molecule has 1 aromatic rings. The summed E-state index contributed by atoms with van der Waals surface area (Å²) in [6.07, 6.45) is -4.35. The van der Waals surface area contributed by atoms with Gasteiger partial charge in [-0.1, -0.05) is 12.1 Å². The molecule has 120 valence electrons. The van der Waals surface area contributed by atoms with Gasteiger partial charge in [-0.25, -0.2) is 0 Å². The number of aryl methyl sites for hydroxylation is 1. The molecule has 21 heavy (non-hydrogen) atoms. The largest absolute Gasteiger partial charge is 0.484 e. The molecule has 0 radical (unpaired) electrons. The molecule has 0 spiro atoms. The van der Waals surface area contributed by atoms with Gasteiger partial charge in [0.15, 0.2) is 12.6 Å². The fourth-order valence-electron chi connectivity index (χ4n) is 1.56. The quantitative estimate of drug-likeness (QED) is 0.450. The molecule has 0 heterocycles. The van der Waals surface area contributed by atoms with E-state index in [-0.39, 0.29) is 29.7 Å². The molecule has 4 nitrogen and oxygen atoms in total. The van der Waals surface area contributed by atoms with Crippen LogP contribution in [0.5, 0.6) is 5.75 Å². The molecule has 2 N–H and O–H groups in total. The number of guanidine groups is 1. The molecule has 0 bridgehead atoms. The van der Waals surface area contributed by atoms with Crippen molar-refractivity contribution >= 4 is 29.9 Å². The van der Waals surface area contributed by atoms with Crippen LogP contribution in [0.3, 0.4) is 0 Å². The van der Waals surface area contributed by atoms with Crippen molar-refractivity contribution in [1.82, 2.24) is 10.6 Å². The second kappa shape index (κ2) is 8.96. The Balaban J connectivity index is 0.00000400. The van der Waals surface area contributed by atoms with Crippen LogP contribution in [-0.4, -0.2) is 32.8 Å². The van der Waals surface area contributed by atoms with Gasteiger partial charge in [-0.3, -0.25) is 4.99 Å². The Morgan fingerprint density at radius 2 is 2.00 bits per heavy atom. The zero-order valence-electron chi connectivity index (χ0n) is 12.0. The number of benzene rings is 1. The van der Waals surface area contributed by atoms with Crippen molar-refractivity contribution in [3.8, 4) is 5.75 Å². The van der Waals surface area contributed by atoms with Gasteiger partial charge in [0.1, 0.15) is 5.75 Å². The highest BCUT2D eigenvalue weighted by atomic mass is 127. The minimum atomic E-state index is -4.35. The van der Waals surface area contributed by atoms with Crippen LogP contribution in [0.1, 0.15) is 11.1 Å². The lowest BCUT2D eigenvalue weighted by Crippen LogP contribution is -2.34. The fourth-order valence-corrected chi connectivity index (χ4v) is 1.56. The number of ether oxygens (including phenoxy) is 1. The molecule has 0 aliphatic heterocycles. The lowest BCUT2D eigenvalue weighted by Gasteiger charge is -2.15. The molecule has 0 fully saturated rings. The highest BCUT2D eigenvalue weighted by Crippen LogP contribution is 2.23. The summed E-state index contributed by atoms with van der Waals surface area (Å²) in [7, 11) is 3.31. The number of aliphatic imine (C=N–C) groups is 1. The van der Waals surface area contributed by atoms with Gasteiger partial charge in [0.25, 0.3) is 0 Å².